The molecule has 29 heavy (non-hydrogen) atoms. The van der Waals surface area contributed by atoms with Crippen LogP contribution in [0.4, 0.5) is 4.39 Å². The molecule has 0 unspecified atom stereocenters. The van der Waals surface area contributed by atoms with Crippen LogP contribution in [0.3, 0.4) is 0 Å². The lowest BCUT2D eigenvalue weighted by molar-refractivity contribution is 0.0600. The molecule has 0 fully saturated rings. The quantitative estimate of drug-likeness (QED) is 0.350. The fourth-order valence-electron chi connectivity index (χ4n) is 3.25. The van der Waals surface area contributed by atoms with Gasteiger partial charge in [-0.25, -0.2) is 14.2 Å². The number of methoxy groups -OCH3 is 1. The first-order chi connectivity index (χ1) is 14.0. The van der Waals surface area contributed by atoms with Gasteiger partial charge in [-0.15, -0.1) is 0 Å². The van der Waals surface area contributed by atoms with Gasteiger partial charge in [0.05, 0.1) is 12.7 Å². The number of hydrogen-bond acceptors (Lipinski definition) is 4. The van der Waals surface area contributed by atoms with Gasteiger partial charge in [0.25, 0.3) is 0 Å². The summed E-state index contributed by atoms with van der Waals surface area (Å²) in [6, 6.07) is 14.6. The summed E-state index contributed by atoms with van der Waals surface area (Å²) in [5.41, 5.74) is 2.88. The molecule has 2 aromatic carbocycles. The molecule has 0 saturated heterocycles. The summed E-state index contributed by atoms with van der Waals surface area (Å²) in [5, 5.41) is 0.292. The zero-order chi connectivity index (χ0) is 20.5. The van der Waals surface area contributed by atoms with Gasteiger partial charge >= 0.3 is 5.97 Å². The van der Waals surface area contributed by atoms with E-state index in [-0.39, 0.29) is 0 Å². The zero-order valence-electron chi connectivity index (χ0n) is 15.2. The predicted molar refractivity (Wildman–Crippen MR) is 108 cm³/mol. The smallest absolute Gasteiger partial charge is 0.338 e. The summed E-state index contributed by atoms with van der Waals surface area (Å²) in [6.07, 6.45) is 2.26. The third kappa shape index (κ3) is 3.28. The summed E-state index contributed by atoms with van der Waals surface area (Å²) in [4.78, 5) is 28.2. The van der Waals surface area contributed by atoms with Gasteiger partial charge in [0.2, 0.25) is 0 Å². The van der Waals surface area contributed by atoms with Gasteiger partial charge in [-0.3, -0.25) is 9.20 Å². The number of esters is 1. The van der Waals surface area contributed by atoms with E-state index in [1.54, 1.807) is 53.1 Å². The molecular weight excluding hydrogens is 395 g/mol. The van der Waals surface area contributed by atoms with E-state index in [1.165, 1.54) is 19.2 Å². The van der Waals surface area contributed by atoms with Crippen molar-refractivity contribution < 1.29 is 18.7 Å². The monoisotopic (exact) mass is 408 g/mol. The van der Waals surface area contributed by atoms with E-state index < -0.39 is 11.8 Å². The van der Waals surface area contributed by atoms with Gasteiger partial charge in [0, 0.05) is 22.3 Å². The Morgan fingerprint density at radius 3 is 2.55 bits per heavy atom. The second-order valence-electron chi connectivity index (χ2n) is 6.27. The first-order valence-electron chi connectivity index (χ1n) is 8.64. The molecule has 0 bridgehead atoms. The van der Waals surface area contributed by atoms with E-state index in [0.717, 1.165) is 0 Å². The summed E-state index contributed by atoms with van der Waals surface area (Å²) in [6.45, 7) is 0. The fraction of sp³-hybridized carbons (Fsp3) is 0.0455. The fourth-order valence-corrected chi connectivity index (χ4v) is 3.41. The Morgan fingerprint density at radius 2 is 1.86 bits per heavy atom. The molecule has 0 amide bonds. The van der Waals surface area contributed by atoms with E-state index in [4.69, 9.17) is 16.3 Å². The zero-order valence-corrected chi connectivity index (χ0v) is 16.0. The highest BCUT2D eigenvalue weighted by Gasteiger charge is 2.19. The minimum absolute atomic E-state index is 0.290. The molecule has 4 aromatic rings. The molecule has 0 saturated carbocycles. The molecule has 0 aliphatic rings. The Hall–Kier alpha value is -3.51. The molecule has 0 radical (unpaired) electrons. The highest BCUT2D eigenvalue weighted by Crippen LogP contribution is 2.35. The van der Waals surface area contributed by atoms with Crippen molar-refractivity contribution in [3.8, 4) is 22.4 Å². The van der Waals surface area contributed by atoms with Crippen LogP contribution in [0.25, 0.3) is 28.0 Å². The van der Waals surface area contributed by atoms with Crippen LogP contribution in [0.2, 0.25) is 5.02 Å². The Balaban J connectivity index is 1.96. The number of aldehydes is 1. The average Bonchev–Trinajstić information content (AvgIpc) is 3.10. The van der Waals surface area contributed by atoms with Crippen LogP contribution in [0.15, 0.2) is 60.8 Å². The van der Waals surface area contributed by atoms with Crippen molar-refractivity contribution >= 4 is 29.5 Å². The van der Waals surface area contributed by atoms with Crippen molar-refractivity contribution in [3.63, 3.8) is 0 Å². The lowest BCUT2D eigenvalue weighted by Crippen LogP contribution is -2.02. The summed E-state index contributed by atoms with van der Waals surface area (Å²) < 4.78 is 20.9. The first-order valence-corrected chi connectivity index (χ1v) is 9.01. The molecule has 2 heterocycles. The first kappa shape index (κ1) is 18.8. The highest BCUT2D eigenvalue weighted by atomic mass is 35.5. The number of benzene rings is 2. The van der Waals surface area contributed by atoms with E-state index in [0.29, 0.717) is 50.6 Å². The number of ether oxygens (including phenoxy) is 1. The van der Waals surface area contributed by atoms with E-state index in [9.17, 15) is 14.0 Å². The summed E-state index contributed by atoms with van der Waals surface area (Å²) >= 11 is 5.87. The third-order valence-electron chi connectivity index (χ3n) is 4.60. The van der Waals surface area contributed by atoms with Gasteiger partial charge in [-0.1, -0.05) is 35.9 Å². The maximum atomic E-state index is 14.6. The summed E-state index contributed by atoms with van der Waals surface area (Å²) in [5.74, 6) is -0.984. The molecule has 0 aliphatic carbocycles. The Labute approximate surface area is 170 Å². The molecule has 0 atom stereocenters. The Morgan fingerprint density at radius 1 is 1.10 bits per heavy atom. The van der Waals surface area contributed by atoms with Crippen molar-refractivity contribution in [2.24, 2.45) is 0 Å². The number of nitrogens with zero attached hydrogens (tertiary/aromatic N) is 2. The van der Waals surface area contributed by atoms with Crippen molar-refractivity contribution in [3.05, 3.63) is 82.9 Å². The van der Waals surface area contributed by atoms with Gasteiger partial charge in [0.15, 0.2) is 6.29 Å². The molecule has 144 valence electrons. The number of fused-ring (bicyclic) bond motifs is 1. The topological polar surface area (TPSA) is 60.7 Å². The normalized spacial score (nSPS) is 10.9. The van der Waals surface area contributed by atoms with Crippen LogP contribution in [-0.4, -0.2) is 28.7 Å². The van der Waals surface area contributed by atoms with E-state index in [1.807, 2.05) is 0 Å². The molecule has 2 aromatic heterocycles. The van der Waals surface area contributed by atoms with Crippen LogP contribution in [-0.2, 0) is 4.74 Å². The third-order valence-corrected chi connectivity index (χ3v) is 4.83. The van der Waals surface area contributed by atoms with Crippen LogP contribution >= 0.6 is 11.6 Å². The Bertz CT molecular complexity index is 1270. The second kappa shape index (κ2) is 7.48. The molecule has 0 spiro atoms. The number of pyridine rings is 1. The van der Waals surface area contributed by atoms with Crippen molar-refractivity contribution in [2.75, 3.05) is 7.11 Å². The van der Waals surface area contributed by atoms with Crippen LogP contribution in [0.5, 0.6) is 0 Å². The standard InChI is InChI=1S/C22H14ClFN2O3/c1-29-22(28)13-8-9-26-19(12-27)21(25-20(26)10-13)17-5-3-2-4-15(17)16-7-6-14(23)11-18(16)24/h2-12H,1H3. The SMILES string of the molecule is COC(=O)c1ccn2c(C=O)c(-c3ccccc3-c3ccc(Cl)cc3F)nc2c1. The average molecular weight is 409 g/mol. The van der Waals surface area contributed by atoms with Gasteiger partial charge in [-0.05, 0) is 35.9 Å². The van der Waals surface area contributed by atoms with E-state index >= 15 is 0 Å². The Kier molecular flexibility index (Phi) is 4.86. The van der Waals surface area contributed by atoms with Crippen LogP contribution < -0.4 is 0 Å². The molecule has 5 nitrogen and oxygen atoms in total. The number of carbonyl (C=O) groups is 2. The van der Waals surface area contributed by atoms with Gasteiger partial charge in [-0.2, -0.15) is 0 Å². The largest absolute Gasteiger partial charge is 0.465 e. The number of carbonyl (C=O) groups excluding carboxylic acids is 2. The maximum absolute atomic E-state index is 14.6. The maximum Gasteiger partial charge on any atom is 0.338 e. The van der Waals surface area contributed by atoms with Gasteiger partial charge in [0.1, 0.15) is 22.9 Å². The van der Waals surface area contributed by atoms with Crippen LogP contribution in [0, 0.1) is 5.82 Å². The van der Waals surface area contributed by atoms with Crippen molar-refractivity contribution in [1.82, 2.24) is 9.38 Å². The minimum atomic E-state index is -0.506. The van der Waals surface area contributed by atoms with Crippen LogP contribution in [0.1, 0.15) is 20.8 Å². The molecule has 0 aliphatic heterocycles. The molecule has 7 heteroatoms. The highest BCUT2D eigenvalue weighted by molar-refractivity contribution is 6.30. The van der Waals surface area contributed by atoms with E-state index in [2.05, 4.69) is 4.98 Å². The van der Waals surface area contributed by atoms with Crippen molar-refractivity contribution in [2.45, 2.75) is 0 Å². The molecule has 0 N–H and O–H groups in total. The number of aromatic nitrogens is 2. The number of imidazole rings is 1. The number of rotatable bonds is 4. The van der Waals surface area contributed by atoms with Gasteiger partial charge < -0.3 is 4.74 Å². The number of halogens is 2. The lowest BCUT2D eigenvalue weighted by atomic mass is 9.96. The minimum Gasteiger partial charge on any atom is -0.465 e. The predicted octanol–water partition coefficient (Wildman–Crippen LogP) is 5.06. The molecular formula is C22H14ClFN2O3. The lowest BCUT2D eigenvalue weighted by Gasteiger charge is -2.10. The van der Waals surface area contributed by atoms with Crippen molar-refractivity contribution in [1.29, 1.82) is 0 Å². The number of hydrogen-bond donors (Lipinski definition) is 0. The summed E-state index contributed by atoms with van der Waals surface area (Å²) in [7, 11) is 1.29. The second-order valence-corrected chi connectivity index (χ2v) is 6.70. The molecule has 4 rings (SSSR count).